The summed E-state index contributed by atoms with van der Waals surface area (Å²) in [5.41, 5.74) is 6.32. The minimum absolute atomic E-state index is 0.370. The molecule has 1 fully saturated rings. The van der Waals surface area contributed by atoms with Crippen molar-refractivity contribution >= 4 is 21.4 Å². The van der Waals surface area contributed by atoms with Gasteiger partial charge in [-0.3, -0.25) is 0 Å². The highest BCUT2D eigenvalue weighted by molar-refractivity contribution is 7.91. The predicted molar refractivity (Wildman–Crippen MR) is 61.8 cm³/mol. The Balaban J connectivity index is 2.23. The first kappa shape index (κ1) is 12.0. The molecule has 0 radical (unpaired) electrons. The molecule has 0 saturated carbocycles. The average molecular weight is 262 g/mol. The van der Waals surface area contributed by atoms with Crippen molar-refractivity contribution in [1.29, 1.82) is 0 Å². The van der Waals surface area contributed by atoms with E-state index in [1.807, 2.05) is 0 Å². The van der Waals surface area contributed by atoms with Crippen LogP contribution >= 0.6 is 11.3 Å². The van der Waals surface area contributed by atoms with Gasteiger partial charge in [0.2, 0.25) is 0 Å². The molecular weight excluding hydrogens is 248 g/mol. The maximum Gasteiger partial charge on any atom is 0.252 e. The molecule has 0 spiro atoms. The SMILES string of the molecule is NCc1csc(S(=O)(=O)N2CCOCC2)c1. The standard InChI is InChI=1S/C9H14N2O3S2/c10-6-8-5-9(15-7-8)16(12,13)11-1-3-14-4-2-11/h5,7H,1-4,6,10H2. The molecule has 2 rings (SSSR count). The second kappa shape index (κ2) is 4.80. The molecule has 0 unspecified atom stereocenters. The number of sulfonamides is 1. The number of rotatable bonds is 3. The monoisotopic (exact) mass is 262 g/mol. The van der Waals surface area contributed by atoms with Crippen LogP contribution in [0.5, 0.6) is 0 Å². The Labute approximate surface area is 98.9 Å². The minimum Gasteiger partial charge on any atom is -0.379 e. The van der Waals surface area contributed by atoms with E-state index in [2.05, 4.69) is 0 Å². The fraction of sp³-hybridized carbons (Fsp3) is 0.556. The van der Waals surface area contributed by atoms with Crippen LogP contribution in [-0.4, -0.2) is 39.0 Å². The van der Waals surface area contributed by atoms with Crippen LogP contribution in [0.15, 0.2) is 15.7 Å². The van der Waals surface area contributed by atoms with Crippen molar-refractivity contribution in [2.45, 2.75) is 10.8 Å². The van der Waals surface area contributed by atoms with Gasteiger partial charge in [-0.15, -0.1) is 11.3 Å². The van der Waals surface area contributed by atoms with Crippen molar-refractivity contribution in [2.24, 2.45) is 5.73 Å². The number of hydrogen-bond donors (Lipinski definition) is 1. The van der Waals surface area contributed by atoms with Gasteiger partial charge < -0.3 is 10.5 Å². The van der Waals surface area contributed by atoms with E-state index in [0.717, 1.165) is 5.56 Å². The molecule has 7 heteroatoms. The van der Waals surface area contributed by atoms with Crippen LogP contribution in [0.3, 0.4) is 0 Å². The summed E-state index contributed by atoms with van der Waals surface area (Å²) in [5, 5.41) is 1.79. The lowest BCUT2D eigenvalue weighted by atomic mass is 10.4. The van der Waals surface area contributed by atoms with E-state index in [-0.39, 0.29) is 0 Å². The van der Waals surface area contributed by atoms with Gasteiger partial charge in [0.25, 0.3) is 10.0 Å². The van der Waals surface area contributed by atoms with Gasteiger partial charge in [0.1, 0.15) is 4.21 Å². The van der Waals surface area contributed by atoms with Crippen molar-refractivity contribution in [3.63, 3.8) is 0 Å². The van der Waals surface area contributed by atoms with E-state index in [9.17, 15) is 8.42 Å². The summed E-state index contributed by atoms with van der Waals surface area (Å²) in [6.07, 6.45) is 0. The number of nitrogens with zero attached hydrogens (tertiary/aromatic N) is 1. The summed E-state index contributed by atoms with van der Waals surface area (Å²) in [5.74, 6) is 0. The lowest BCUT2D eigenvalue weighted by Gasteiger charge is -2.25. The van der Waals surface area contributed by atoms with Gasteiger partial charge in [0, 0.05) is 19.6 Å². The predicted octanol–water partition coefficient (Wildman–Crippen LogP) is 0.228. The van der Waals surface area contributed by atoms with E-state index in [0.29, 0.717) is 37.1 Å². The molecule has 0 atom stereocenters. The fourth-order valence-corrected chi connectivity index (χ4v) is 4.29. The normalized spacial score (nSPS) is 18.8. The Bertz CT molecular complexity index is 449. The molecule has 2 heterocycles. The van der Waals surface area contributed by atoms with Crippen molar-refractivity contribution in [3.8, 4) is 0 Å². The van der Waals surface area contributed by atoms with Crippen molar-refractivity contribution in [3.05, 3.63) is 17.0 Å². The third kappa shape index (κ3) is 2.28. The lowest BCUT2D eigenvalue weighted by Crippen LogP contribution is -2.40. The molecule has 5 nitrogen and oxygen atoms in total. The Morgan fingerprint density at radius 2 is 2.12 bits per heavy atom. The molecule has 0 aliphatic carbocycles. The number of ether oxygens (including phenoxy) is 1. The molecule has 16 heavy (non-hydrogen) atoms. The highest BCUT2D eigenvalue weighted by atomic mass is 32.2. The van der Waals surface area contributed by atoms with Crippen LogP contribution in [0.2, 0.25) is 0 Å². The van der Waals surface area contributed by atoms with Crippen LogP contribution in [0, 0.1) is 0 Å². The van der Waals surface area contributed by atoms with Crippen LogP contribution in [0.4, 0.5) is 0 Å². The van der Waals surface area contributed by atoms with Crippen LogP contribution in [-0.2, 0) is 21.3 Å². The Kier molecular flexibility index (Phi) is 3.60. The molecule has 0 bridgehead atoms. The zero-order valence-electron chi connectivity index (χ0n) is 8.76. The topological polar surface area (TPSA) is 72.6 Å². The van der Waals surface area contributed by atoms with Crippen molar-refractivity contribution < 1.29 is 13.2 Å². The van der Waals surface area contributed by atoms with E-state index in [1.165, 1.54) is 15.6 Å². The summed E-state index contributed by atoms with van der Waals surface area (Å²) in [4.78, 5) is 0. The molecule has 0 aromatic carbocycles. The van der Waals surface area contributed by atoms with Crippen molar-refractivity contribution in [1.82, 2.24) is 4.31 Å². The molecule has 1 aromatic heterocycles. The quantitative estimate of drug-likeness (QED) is 0.846. The smallest absolute Gasteiger partial charge is 0.252 e. The van der Waals surface area contributed by atoms with E-state index < -0.39 is 10.0 Å². The zero-order valence-corrected chi connectivity index (χ0v) is 10.4. The molecule has 1 aliphatic heterocycles. The number of hydrogen-bond acceptors (Lipinski definition) is 5. The Morgan fingerprint density at radius 1 is 1.44 bits per heavy atom. The number of thiophene rings is 1. The fourth-order valence-electron chi connectivity index (χ4n) is 1.51. The highest BCUT2D eigenvalue weighted by Gasteiger charge is 2.27. The third-order valence-electron chi connectivity index (χ3n) is 2.43. The van der Waals surface area contributed by atoms with Gasteiger partial charge in [-0.2, -0.15) is 4.31 Å². The molecule has 1 aromatic rings. The maximum absolute atomic E-state index is 12.2. The lowest BCUT2D eigenvalue weighted by molar-refractivity contribution is 0.0731. The summed E-state index contributed by atoms with van der Waals surface area (Å²) in [6, 6.07) is 1.65. The summed E-state index contributed by atoms with van der Waals surface area (Å²) < 4.78 is 31.3. The Morgan fingerprint density at radius 3 is 2.69 bits per heavy atom. The van der Waals surface area contributed by atoms with Gasteiger partial charge in [0.05, 0.1) is 13.2 Å². The molecule has 90 valence electrons. The first-order valence-electron chi connectivity index (χ1n) is 5.00. The van der Waals surface area contributed by atoms with Crippen molar-refractivity contribution in [2.75, 3.05) is 26.3 Å². The first-order valence-corrected chi connectivity index (χ1v) is 7.32. The third-order valence-corrected chi connectivity index (χ3v) is 5.79. The van der Waals surface area contributed by atoms with Crippen LogP contribution < -0.4 is 5.73 Å². The average Bonchev–Trinajstić information content (AvgIpc) is 2.79. The number of morpholine rings is 1. The van der Waals surface area contributed by atoms with Gasteiger partial charge in [-0.05, 0) is 17.0 Å². The first-order chi connectivity index (χ1) is 7.64. The molecule has 1 saturated heterocycles. The zero-order chi connectivity index (χ0) is 11.6. The second-order valence-electron chi connectivity index (χ2n) is 3.49. The largest absolute Gasteiger partial charge is 0.379 e. The molecular formula is C9H14N2O3S2. The molecule has 1 aliphatic rings. The van der Waals surface area contributed by atoms with E-state index >= 15 is 0 Å². The summed E-state index contributed by atoms with van der Waals surface area (Å²) >= 11 is 1.22. The van der Waals surface area contributed by atoms with Crippen LogP contribution in [0.25, 0.3) is 0 Å². The minimum atomic E-state index is -3.34. The van der Waals surface area contributed by atoms with Gasteiger partial charge in [-0.25, -0.2) is 8.42 Å². The molecule has 2 N–H and O–H groups in total. The van der Waals surface area contributed by atoms with E-state index in [1.54, 1.807) is 11.4 Å². The molecule has 0 amide bonds. The van der Waals surface area contributed by atoms with Gasteiger partial charge >= 0.3 is 0 Å². The Hall–Kier alpha value is -0.470. The summed E-state index contributed by atoms with van der Waals surface area (Å²) in [6.45, 7) is 2.16. The van der Waals surface area contributed by atoms with Crippen LogP contribution in [0.1, 0.15) is 5.56 Å². The number of nitrogens with two attached hydrogens (primary N) is 1. The summed E-state index contributed by atoms with van der Waals surface area (Å²) in [7, 11) is -3.34. The van der Waals surface area contributed by atoms with Gasteiger partial charge in [0.15, 0.2) is 0 Å². The maximum atomic E-state index is 12.2. The van der Waals surface area contributed by atoms with E-state index in [4.69, 9.17) is 10.5 Å². The highest BCUT2D eigenvalue weighted by Crippen LogP contribution is 2.24. The van der Waals surface area contributed by atoms with Gasteiger partial charge in [-0.1, -0.05) is 0 Å². The second-order valence-corrected chi connectivity index (χ2v) is 6.57.